The third-order valence-electron chi connectivity index (χ3n) is 3.97. The van der Waals surface area contributed by atoms with Crippen molar-refractivity contribution in [3.8, 4) is 0 Å². The molecule has 26 heavy (non-hydrogen) atoms. The van der Waals surface area contributed by atoms with Gasteiger partial charge in [-0.2, -0.15) is 0 Å². The Morgan fingerprint density at radius 1 is 0.885 bits per heavy atom. The molecule has 4 heteroatoms. The molecule has 0 bridgehead atoms. The summed E-state index contributed by atoms with van der Waals surface area (Å²) in [6.07, 6.45) is 0. The molecular weight excluding hydrogens is 322 g/mol. The summed E-state index contributed by atoms with van der Waals surface area (Å²) in [7, 11) is 0. The van der Waals surface area contributed by atoms with Crippen molar-refractivity contribution in [1.29, 1.82) is 0 Å². The third-order valence-corrected chi connectivity index (χ3v) is 3.97. The highest BCUT2D eigenvalue weighted by Gasteiger charge is 2.15. The Kier molecular flexibility index (Phi) is 7.07. The SMILES string of the molecule is Cc1ccc(NC(=O)Nc2ccccc2N(CC(C)C)CC(C)C)cc1. The first-order valence-electron chi connectivity index (χ1n) is 9.33. The minimum Gasteiger partial charge on any atom is -0.369 e. The van der Waals surface area contributed by atoms with E-state index in [1.54, 1.807) is 0 Å². The van der Waals surface area contributed by atoms with Crippen LogP contribution in [0, 0.1) is 18.8 Å². The zero-order valence-electron chi connectivity index (χ0n) is 16.5. The second-order valence-corrected chi connectivity index (χ2v) is 7.65. The van der Waals surface area contributed by atoms with Gasteiger partial charge in [0.05, 0.1) is 11.4 Å². The van der Waals surface area contributed by atoms with Crippen molar-refractivity contribution in [2.24, 2.45) is 11.8 Å². The van der Waals surface area contributed by atoms with Gasteiger partial charge in [-0.25, -0.2) is 4.79 Å². The summed E-state index contributed by atoms with van der Waals surface area (Å²) in [6.45, 7) is 12.8. The zero-order chi connectivity index (χ0) is 19.1. The molecule has 0 saturated carbocycles. The molecule has 0 radical (unpaired) electrons. The number of benzene rings is 2. The first-order valence-corrected chi connectivity index (χ1v) is 9.33. The number of carbonyl (C=O) groups is 1. The fourth-order valence-corrected chi connectivity index (χ4v) is 2.93. The van der Waals surface area contributed by atoms with Gasteiger partial charge in [0.15, 0.2) is 0 Å². The Balaban J connectivity index is 2.15. The molecular formula is C22H31N3O. The highest BCUT2D eigenvalue weighted by atomic mass is 16.2. The Labute approximate surface area is 157 Å². The Morgan fingerprint density at radius 3 is 2.04 bits per heavy atom. The quantitative estimate of drug-likeness (QED) is 0.665. The van der Waals surface area contributed by atoms with E-state index in [4.69, 9.17) is 0 Å². The van der Waals surface area contributed by atoms with Gasteiger partial charge in [-0.3, -0.25) is 0 Å². The topological polar surface area (TPSA) is 44.4 Å². The van der Waals surface area contributed by atoms with Crippen molar-refractivity contribution in [1.82, 2.24) is 0 Å². The normalized spacial score (nSPS) is 10.9. The molecule has 0 aliphatic rings. The standard InChI is InChI=1S/C22H31N3O/c1-16(2)14-25(15-17(3)4)21-9-7-6-8-20(21)24-22(26)23-19-12-10-18(5)11-13-19/h6-13,16-17H,14-15H2,1-5H3,(H2,23,24,26). The maximum atomic E-state index is 12.4. The number of nitrogens with zero attached hydrogens (tertiary/aromatic N) is 1. The van der Waals surface area contributed by atoms with Crippen LogP contribution >= 0.6 is 0 Å². The van der Waals surface area contributed by atoms with Crippen LogP contribution < -0.4 is 15.5 Å². The first-order chi connectivity index (χ1) is 12.3. The molecule has 0 aliphatic heterocycles. The summed E-state index contributed by atoms with van der Waals surface area (Å²) in [5.41, 5.74) is 3.85. The first kappa shape index (κ1) is 19.8. The van der Waals surface area contributed by atoms with Crippen molar-refractivity contribution >= 4 is 23.1 Å². The largest absolute Gasteiger partial charge is 0.369 e. The molecule has 2 N–H and O–H groups in total. The number of aryl methyl sites for hydroxylation is 1. The number of hydrogen-bond donors (Lipinski definition) is 2. The third kappa shape index (κ3) is 6.10. The number of para-hydroxylation sites is 2. The number of hydrogen-bond acceptors (Lipinski definition) is 2. The molecule has 0 aliphatic carbocycles. The molecule has 0 heterocycles. The van der Waals surface area contributed by atoms with E-state index in [0.29, 0.717) is 11.8 Å². The molecule has 2 aromatic carbocycles. The van der Waals surface area contributed by atoms with Crippen LogP contribution in [-0.2, 0) is 0 Å². The molecule has 0 saturated heterocycles. The van der Waals surface area contributed by atoms with E-state index in [9.17, 15) is 4.79 Å². The van der Waals surface area contributed by atoms with Crippen LogP contribution in [0.5, 0.6) is 0 Å². The number of nitrogens with one attached hydrogen (secondary N) is 2. The minimum absolute atomic E-state index is 0.227. The predicted octanol–water partition coefficient (Wildman–Crippen LogP) is 5.76. The monoisotopic (exact) mass is 353 g/mol. The van der Waals surface area contributed by atoms with Gasteiger partial charge in [0.25, 0.3) is 0 Å². The fourth-order valence-electron chi connectivity index (χ4n) is 2.93. The van der Waals surface area contributed by atoms with Crippen LogP contribution in [0.1, 0.15) is 33.3 Å². The Bertz CT molecular complexity index is 698. The van der Waals surface area contributed by atoms with Crippen molar-refractivity contribution in [3.05, 3.63) is 54.1 Å². The number of rotatable bonds is 7. The number of anilines is 3. The fraction of sp³-hybridized carbons (Fsp3) is 0.409. The van der Waals surface area contributed by atoms with Crippen molar-refractivity contribution in [3.63, 3.8) is 0 Å². The highest BCUT2D eigenvalue weighted by Crippen LogP contribution is 2.27. The van der Waals surface area contributed by atoms with Crippen molar-refractivity contribution in [2.45, 2.75) is 34.6 Å². The van der Waals surface area contributed by atoms with E-state index in [2.05, 4.69) is 49.3 Å². The summed E-state index contributed by atoms with van der Waals surface area (Å²) in [5.74, 6) is 1.09. The summed E-state index contributed by atoms with van der Waals surface area (Å²) < 4.78 is 0. The van der Waals surface area contributed by atoms with Crippen LogP contribution in [0.25, 0.3) is 0 Å². The molecule has 2 aromatic rings. The van der Waals surface area contributed by atoms with Gasteiger partial charge >= 0.3 is 6.03 Å². The van der Waals surface area contributed by atoms with Crippen LogP contribution in [-0.4, -0.2) is 19.1 Å². The van der Waals surface area contributed by atoms with E-state index in [-0.39, 0.29) is 6.03 Å². The number of carbonyl (C=O) groups excluding carboxylic acids is 1. The average molecular weight is 354 g/mol. The lowest BCUT2D eigenvalue weighted by Crippen LogP contribution is -2.32. The highest BCUT2D eigenvalue weighted by molar-refractivity contribution is 6.01. The average Bonchev–Trinajstić information content (AvgIpc) is 2.56. The summed E-state index contributed by atoms with van der Waals surface area (Å²) in [6, 6.07) is 15.6. The summed E-state index contributed by atoms with van der Waals surface area (Å²) in [5, 5.41) is 5.91. The Morgan fingerprint density at radius 2 is 1.46 bits per heavy atom. The zero-order valence-corrected chi connectivity index (χ0v) is 16.5. The van der Waals surface area contributed by atoms with Crippen molar-refractivity contribution in [2.75, 3.05) is 28.6 Å². The van der Waals surface area contributed by atoms with Gasteiger partial charge in [-0.1, -0.05) is 57.5 Å². The number of amides is 2. The smallest absolute Gasteiger partial charge is 0.323 e. The second-order valence-electron chi connectivity index (χ2n) is 7.65. The molecule has 0 atom stereocenters. The van der Waals surface area contributed by atoms with Gasteiger partial charge in [-0.05, 0) is 43.0 Å². The summed E-state index contributed by atoms with van der Waals surface area (Å²) >= 11 is 0. The molecule has 0 aromatic heterocycles. The maximum Gasteiger partial charge on any atom is 0.323 e. The molecule has 0 unspecified atom stereocenters. The van der Waals surface area contributed by atoms with E-state index in [1.165, 1.54) is 5.56 Å². The molecule has 140 valence electrons. The minimum atomic E-state index is -0.227. The maximum absolute atomic E-state index is 12.4. The van der Waals surface area contributed by atoms with Crippen LogP contribution in [0.15, 0.2) is 48.5 Å². The van der Waals surface area contributed by atoms with Gasteiger partial charge in [-0.15, -0.1) is 0 Å². The van der Waals surface area contributed by atoms with Crippen LogP contribution in [0.3, 0.4) is 0 Å². The Hall–Kier alpha value is -2.49. The lowest BCUT2D eigenvalue weighted by atomic mass is 10.1. The molecule has 4 nitrogen and oxygen atoms in total. The second kappa shape index (κ2) is 9.27. The van der Waals surface area contributed by atoms with Crippen LogP contribution in [0.2, 0.25) is 0 Å². The van der Waals surface area contributed by atoms with Gasteiger partial charge in [0.1, 0.15) is 0 Å². The molecule has 2 rings (SSSR count). The predicted molar refractivity (Wildman–Crippen MR) is 112 cm³/mol. The number of urea groups is 1. The van der Waals surface area contributed by atoms with E-state index in [0.717, 1.165) is 30.2 Å². The lowest BCUT2D eigenvalue weighted by Gasteiger charge is -2.30. The van der Waals surface area contributed by atoms with Crippen LogP contribution in [0.4, 0.5) is 21.9 Å². The molecule has 2 amide bonds. The molecule has 0 fully saturated rings. The van der Waals surface area contributed by atoms with E-state index in [1.807, 2.05) is 49.4 Å². The van der Waals surface area contributed by atoms with E-state index >= 15 is 0 Å². The van der Waals surface area contributed by atoms with E-state index < -0.39 is 0 Å². The summed E-state index contributed by atoms with van der Waals surface area (Å²) in [4.78, 5) is 14.8. The van der Waals surface area contributed by atoms with Gasteiger partial charge in [0.2, 0.25) is 0 Å². The van der Waals surface area contributed by atoms with Gasteiger partial charge < -0.3 is 15.5 Å². The lowest BCUT2D eigenvalue weighted by molar-refractivity contribution is 0.262. The molecule has 0 spiro atoms. The van der Waals surface area contributed by atoms with Crippen molar-refractivity contribution < 1.29 is 4.79 Å². The van der Waals surface area contributed by atoms with Gasteiger partial charge in [0, 0.05) is 18.8 Å².